The van der Waals surface area contributed by atoms with E-state index in [9.17, 15) is 39.0 Å². The van der Waals surface area contributed by atoms with Crippen LogP contribution in [-0.4, -0.2) is 97.3 Å². The number of aliphatic hydroxyl groups excluding tert-OH is 1. The first-order valence-electron chi connectivity index (χ1n) is 19.2. The van der Waals surface area contributed by atoms with Gasteiger partial charge < -0.3 is 31.1 Å². The Labute approximate surface area is 305 Å². The average molecular weight is 725 g/mol. The number of aromatic carboxylic acids is 1. The standard InChI is InChI=1S/C38H56N6O8/c1-5-10-26(32(46)35(49)41-23-15-16-23)42-34(48)31-24-14-9-13-22(24)20-44(31)36(50)25(38(2,3)4)17-29(45)30(21-11-7-6-8-12-21)43-33(47)27-18-40-28(19-39-27)37(51)52/h18-19,21-26,30-32,46H,5-17,20H2,1-4H3,(H,41,49)(H,42,48)(H,43,47)(H,51,52)/t22-,24-,25+,26-,30-,31-,32?/m0/s1. The summed E-state index contributed by atoms with van der Waals surface area (Å²) in [7, 11) is 0. The molecule has 14 nitrogen and oxygen atoms in total. The molecule has 3 saturated carbocycles. The van der Waals surface area contributed by atoms with Gasteiger partial charge in [-0.1, -0.05) is 59.8 Å². The maximum atomic E-state index is 14.7. The van der Waals surface area contributed by atoms with Gasteiger partial charge in [0.15, 0.2) is 17.6 Å². The second kappa shape index (κ2) is 16.8. The number of aliphatic hydroxyl groups is 1. The van der Waals surface area contributed by atoms with Gasteiger partial charge in [-0.3, -0.25) is 24.0 Å². The predicted octanol–water partition coefficient (Wildman–Crippen LogP) is 3.03. The fourth-order valence-corrected chi connectivity index (χ4v) is 8.45. The van der Waals surface area contributed by atoms with E-state index in [0.29, 0.717) is 19.4 Å². The molecule has 14 heteroatoms. The second-order valence-electron chi connectivity index (χ2n) is 16.5. The average Bonchev–Trinajstić information content (AvgIpc) is 3.68. The molecule has 1 saturated heterocycles. The van der Waals surface area contributed by atoms with Crippen molar-refractivity contribution in [1.29, 1.82) is 0 Å². The lowest BCUT2D eigenvalue weighted by molar-refractivity contribution is -0.148. The largest absolute Gasteiger partial charge is 0.476 e. The Hall–Kier alpha value is -3.94. The topological polar surface area (TPSA) is 208 Å². The van der Waals surface area contributed by atoms with Crippen molar-refractivity contribution < 1.29 is 39.0 Å². The zero-order chi connectivity index (χ0) is 37.7. The number of carbonyl (C=O) groups is 6. The molecule has 5 N–H and O–H groups in total. The van der Waals surface area contributed by atoms with Crippen LogP contribution >= 0.6 is 0 Å². The Morgan fingerprint density at radius 3 is 2.17 bits per heavy atom. The van der Waals surface area contributed by atoms with Crippen molar-refractivity contribution in [3.8, 4) is 0 Å². The summed E-state index contributed by atoms with van der Waals surface area (Å²) in [6, 6.07) is -2.43. The molecular weight excluding hydrogens is 668 g/mol. The van der Waals surface area contributed by atoms with Crippen LogP contribution in [0, 0.1) is 29.1 Å². The Morgan fingerprint density at radius 1 is 0.904 bits per heavy atom. The van der Waals surface area contributed by atoms with Gasteiger partial charge in [0.2, 0.25) is 11.8 Å². The number of fused-ring (bicyclic) bond motifs is 1. The number of hydrogen-bond acceptors (Lipinski definition) is 9. The number of carbonyl (C=O) groups excluding carboxylic acids is 5. The van der Waals surface area contributed by atoms with Gasteiger partial charge >= 0.3 is 5.97 Å². The molecule has 5 rings (SSSR count). The van der Waals surface area contributed by atoms with Crippen LogP contribution in [-0.2, 0) is 19.2 Å². The molecule has 0 spiro atoms. The molecule has 1 aromatic rings. The summed E-state index contributed by atoms with van der Waals surface area (Å²) < 4.78 is 0. The lowest BCUT2D eigenvalue weighted by atomic mass is 9.74. The normalized spacial score (nSPS) is 24.2. The molecule has 3 aliphatic carbocycles. The van der Waals surface area contributed by atoms with E-state index in [1.54, 1.807) is 4.90 Å². The van der Waals surface area contributed by atoms with Crippen LogP contribution in [0.1, 0.15) is 132 Å². The first-order chi connectivity index (χ1) is 24.7. The van der Waals surface area contributed by atoms with Crippen LogP contribution in [0.15, 0.2) is 12.4 Å². The highest BCUT2D eigenvalue weighted by Gasteiger charge is 2.52. The third-order valence-corrected chi connectivity index (χ3v) is 11.6. The quantitative estimate of drug-likeness (QED) is 0.179. The van der Waals surface area contributed by atoms with Gasteiger partial charge in [-0.2, -0.15) is 0 Å². The van der Waals surface area contributed by atoms with E-state index in [-0.39, 0.29) is 59.2 Å². The smallest absolute Gasteiger partial charge is 0.356 e. The lowest BCUT2D eigenvalue weighted by Gasteiger charge is -2.37. The number of aromatic nitrogens is 2. The molecule has 7 atom stereocenters. The highest BCUT2D eigenvalue weighted by Crippen LogP contribution is 2.44. The third-order valence-electron chi connectivity index (χ3n) is 11.6. The van der Waals surface area contributed by atoms with E-state index in [1.165, 1.54) is 0 Å². The summed E-state index contributed by atoms with van der Waals surface area (Å²) in [4.78, 5) is 89.9. The predicted molar refractivity (Wildman–Crippen MR) is 190 cm³/mol. The first kappa shape index (κ1) is 39.3. The number of amides is 4. The van der Waals surface area contributed by atoms with E-state index >= 15 is 0 Å². The van der Waals surface area contributed by atoms with Crippen molar-refractivity contribution >= 4 is 35.4 Å². The minimum absolute atomic E-state index is 0.0597. The van der Waals surface area contributed by atoms with Crippen molar-refractivity contribution in [2.45, 2.75) is 141 Å². The number of ketones is 1. The van der Waals surface area contributed by atoms with Gasteiger partial charge in [-0.25, -0.2) is 14.8 Å². The van der Waals surface area contributed by atoms with Crippen molar-refractivity contribution in [3.63, 3.8) is 0 Å². The van der Waals surface area contributed by atoms with Crippen LogP contribution in [0.25, 0.3) is 0 Å². The number of carboxylic acid groups (broad SMARTS) is 1. The first-order valence-corrected chi connectivity index (χ1v) is 19.2. The maximum absolute atomic E-state index is 14.7. The number of nitrogens with one attached hydrogen (secondary N) is 3. The third kappa shape index (κ3) is 9.34. The molecule has 2 heterocycles. The molecule has 52 heavy (non-hydrogen) atoms. The Morgan fingerprint density at radius 2 is 1.58 bits per heavy atom. The van der Waals surface area contributed by atoms with Crippen molar-refractivity contribution in [3.05, 3.63) is 23.8 Å². The molecule has 4 amide bonds. The highest BCUT2D eigenvalue weighted by molar-refractivity contribution is 5.98. The second-order valence-corrected chi connectivity index (χ2v) is 16.5. The van der Waals surface area contributed by atoms with E-state index in [1.807, 2.05) is 27.7 Å². The number of likely N-dealkylation sites (tertiary alicyclic amines) is 1. The number of nitrogens with zero attached hydrogens (tertiary/aromatic N) is 3. The molecule has 0 bridgehead atoms. The minimum Gasteiger partial charge on any atom is -0.476 e. The van der Waals surface area contributed by atoms with Gasteiger partial charge in [-0.05, 0) is 68.1 Å². The summed E-state index contributed by atoms with van der Waals surface area (Å²) in [5.74, 6) is -4.27. The van der Waals surface area contributed by atoms with E-state index in [0.717, 1.165) is 76.6 Å². The van der Waals surface area contributed by atoms with Crippen LogP contribution in [0.4, 0.5) is 0 Å². The van der Waals surface area contributed by atoms with E-state index in [2.05, 4.69) is 25.9 Å². The molecule has 0 radical (unpaired) electrons. The zero-order valence-corrected chi connectivity index (χ0v) is 30.9. The molecule has 4 aliphatic rings. The van der Waals surface area contributed by atoms with Crippen molar-refractivity contribution in [1.82, 2.24) is 30.8 Å². The number of hydrogen-bond donors (Lipinski definition) is 5. The van der Waals surface area contributed by atoms with Crippen LogP contribution in [0.5, 0.6) is 0 Å². The molecule has 1 aliphatic heterocycles. The number of carboxylic acids is 1. The van der Waals surface area contributed by atoms with Crippen molar-refractivity contribution in [2.24, 2.45) is 29.1 Å². The van der Waals surface area contributed by atoms with Gasteiger partial charge in [0.25, 0.3) is 11.8 Å². The summed E-state index contributed by atoms with van der Waals surface area (Å²) >= 11 is 0. The summed E-state index contributed by atoms with van der Waals surface area (Å²) in [5, 5.41) is 28.8. The summed E-state index contributed by atoms with van der Waals surface area (Å²) in [6.45, 7) is 8.00. The molecule has 1 unspecified atom stereocenters. The SMILES string of the molecule is CCC[C@H](NC(=O)[C@@H]1[C@H]2CCC[C@H]2CN1C(=O)[C@@H](CC(=O)[C@@H](NC(=O)c1cnc(C(=O)O)cn1)C1CCCCC1)C(C)(C)C)C(O)C(=O)NC1CC1. The number of Topliss-reactive ketones (excluding diaryl/α,β-unsaturated/α-hetero) is 1. The Bertz CT molecular complexity index is 1480. The van der Waals surface area contributed by atoms with Crippen LogP contribution < -0.4 is 16.0 Å². The molecule has 286 valence electrons. The highest BCUT2D eigenvalue weighted by atomic mass is 16.4. The lowest BCUT2D eigenvalue weighted by Crippen LogP contribution is -2.57. The molecule has 0 aromatic carbocycles. The molecule has 1 aromatic heterocycles. The Kier molecular flexibility index (Phi) is 12.7. The monoisotopic (exact) mass is 724 g/mol. The summed E-state index contributed by atoms with van der Waals surface area (Å²) in [5.41, 5.74) is -1.10. The van der Waals surface area contributed by atoms with Crippen LogP contribution in [0.2, 0.25) is 0 Å². The van der Waals surface area contributed by atoms with Gasteiger partial charge in [0, 0.05) is 24.9 Å². The van der Waals surface area contributed by atoms with Crippen molar-refractivity contribution in [2.75, 3.05) is 6.54 Å². The minimum atomic E-state index is -1.41. The van der Waals surface area contributed by atoms with E-state index < -0.39 is 53.3 Å². The van der Waals surface area contributed by atoms with Gasteiger partial charge in [-0.15, -0.1) is 0 Å². The fourth-order valence-electron chi connectivity index (χ4n) is 8.45. The number of rotatable bonds is 15. The van der Waals surface area contributed by atoms with E-state index in [4.69, 9.17) is 0 Å². The maximum Gasteiger partial charge on any atom is 0.356 e. The van der Waals surface area contributed by atoms with Crippen LogP contribution in [0.3, 0.4) is 0 Å². The van der Waals surface area contributed by atoms with Gasteiger partial charge in [0.05, 0.1) is 24.5 Å². The Balaban J connectivity index is 1.35. The van der Waals surface area contributed by atoms with Gasteiger partial charge in [0.1, 0.15) is 11.7 Å². The molecule has 4 fully saturated rings. The fraction of sp³-hybridized carbons (Fsp3) is 0.737. The zero-order valence-electron chi connectivity index (χ0n) is 30.9. The molecular formula is C38H56N6O8. The summed E-state index contributed by atoms with van der Waals surface area (Å²) in [6.07, 6.45) is 10.2.